The molecule has 11 heavy (non-hydrogen) atoms. The maximum Gasteiger partial charge on any atom is 0.323 e. The van der Waals surface area contributed by atoms with Crippen molar-refractivity contribution in [3.63, 3.8) is 0 Å². The van der Waals surface area contributed by atoms with Gasteiger partial charge in [-0.2, -0.15) is 5.48 Å². The molecule has 0 heterocycles. The molecule has 1 unspecified atom stereocenters. The first kappa shape index (κ1) is 9.86. The quantitative estimate of drug-likeness (QED) is 0.398. The maximum absolute atomic E-state index is 10.1. The van der Waals surface area contributed by atoms with Crippen molar-refractivity contribution >= 4 is 11.9 Å². The van der Waals surface area contributed by atoms with Gasteiger partial charge in [-0.05, 0) is 6.42 Å². The average Bonchev–Trinajstić information content (AvgIpc) is 1.87. The van der Waals surface area contributed by atoms with Crippen LogP contribution in [0.2, 0.25) is 0 Å². The Morgan fingerprint density at radius 3 is 2.18 bits per heavy atom. The first-order valence-electron chi connectivity index (χ1n) is 2.92. The molecule has 0 aromatic carbocycles. The lowest BCUT2D eigenvalue weighted by Gasteiger charge is -2.06. The number of aliphatic carboxylic acids is 2. The zero-order valence-electron chi connectivity index (χ0n) is 5.65. The third kappa shape index (κ3) is 4.29. The molecule has 0 rings (SSSR count). The van der Waals surface area contributed by atoms with E-state index in [1.54, 1.807) is 0 Å². The second kappa shape index (κ2) is 4.64. The van der Waals surface area contributed by atoms with E-state index >= 15 is 0 Å². The molecule has 1 atom stereocenters. The third-order valence-corrected chi connectivity index (χ3v) is 1.10. The fourth-order valence-electron chi connectivity index (χ4n) is 0.511. The first-order valence-corrected chi connectivity index (χ1v) is 2.92. The van der Waals surface area contributed by atoms with Gasteiger partial charge in [-0.15, -0.1) is 0 Å². The highest BCUT2D eigenvalue weighted by atomic mass is 16.5. The Morgan fingerprint density at radius 1 is 1.36 bits per heavy atom. The maximum atomic E-state index is 10.1. The van der Waals surface area contributed by atoms with Gasteiger partial charge in [-0.1, -0.05) is 0 Å². The molecule has 0 saturated carbocycles. The lowest BCUT2D eigenvalue weighted by atomic mass is 10.2. The predicted octanol–water partition coefficient (Wildman–Crippen LogP) is -0.717. The standard InChI is InChI=1S/C5H9NO5/c7-4(8)2-1-3(6-11)5(9)10/h3,6,11H,1-2H2,(H,7,8)(H,9,10). The molecule has 0 aliphatic heterocycles. The van der Waals surface area contributed by atoms with Gasteiger partial charge in [0.2, 0.25) is 0 Å². The zero-order chi connectivity index (χ0) is 8.85. The van der Waals surface area contributed by atoms with Crippen molar-refractivity contribution in [1.82, 2.24) is 5.48 Å². The normalized spacial score (nSPS) is 12.5. The SMILES string of the molecule is O=C(O)CCC(NO)C(=O)O. The Labute approximate surface area is 62.4 Å². The van der Waals surface area contributed by atoms with Crippen LogP contribution in [0.15, 0.2) is 0 Å². The topological polar surface area (TPSA) is 107 Å². The van der Waals surface area contributed by atoms with Gasteiger partial charge in [-0.3, -0.25) is 9.59 Å². The van der Waals surface area contributed by atoms with E-state index in [4.69, 9.17) is 15.4 Å². The van der Waals surface area contributed by atoms with Gasteiger partial charge in [0.25, 0.3) is 0 Å². The molecule has 0 aliphatic rings. The Bertz CT molecular complexity index is 157. The number of carboxylic acid groups (broad SMARTS) is 2. The van der Waals surface area contributed by atoms with Gasteiger partial charge in [-0.25, -0.2) is 0 Å². The van der Waals surface area contributed by atoms with E-state index in [9.17, 15) is 9.59 Å². The predicted molar refractivity (Wildman–Crippen MR) is 33.2 cm³/mol. The van der Waals surface area contributed by atoms with Crippen LogP contribution >= 0.6 is 0 Å². The summed E-state index contributed by atoms with van der Waals surface area (Å²) in [5.74, 6) is -2.36. The molecule has 6 nitrogen and oxygen atoms in total. The third-order valence-electron chi connectivity index (χ3n) is 1.10. The van der Waals surface area contributed by atoms with Crippen molar-refractivity contribution in [2.45, 2.75) is 18.9 Å². The summed E-state index contributed by atoms with van der Waals surface area (Å²) < 4.78 is 0. The summed E-state index contributed by atoms with van der Waals surface area (Å²) in [6.45, 7) is 0. The fourth-order valence-corrected chi connectivity index (χ4v) is 0.511. The second-order valence-electron chi connectivity index (χ2n) is 1.95. The van der Waals surface area contributed by atoms with Crippen molar-refractivity contribution in [2.75, 3.05) is 0 Å². The molecule has 0 spiro atoms. The number of carboxylic acids is 2. The van der Waals surface area contributed by atoms with Crippen LogP contribution in [0.3, 0.4) is 0 Å². The Kier molecular flexibility index (Phi) is 4.16. The van der Waals surface area contributed by atoms with E-state index in [-0.39, 0.29) is 12.8 Å². The van der Waals surface area contributed by atoms with Crippen molar-refractivity contribution in [3.05, 3.63) is 0 Å². The van der Waals surface area contributed by atoms with E-state index in [0.29, 0.717) is 0 Å². The van der Waals surface area contributed by atoms with Crippen LogP contribution in [0, 0.1) is 0 Å². The van der Waals surface area contributed by atoms with Gasteiger partial charge >= 0.3 is 11.9 Å². The number of hydroxylamine groups is 1. The summed E-state index contributed by atoms with van der Waals surface area (Å²) in [6, 6.07) is -1.20. The van der Waals surface area contributed by atoms with E-state index in [2.05, 4.69) is 0 Å². The lowest BCUT2D eigenvalue weighted by molar-refractivity contribution is -0.143. The number of carbonyl (C=O) groups is 2. The summed E-state index contributed by atoms with van der Waals surface area (Å²) in [6.07, 6.45) is -0.425. The Hall–Kier alpha value is -1.14. The highest BCUT2D eigenvalue weighted by Gasteiger charge is 2.16. The summed E-state index contributed by atoms with van der Waals surface area (Å²) in [5, 5.41) is 24.6. The summed E-state index contributed by atoms with van der Waals surface area (Å²) >= 11 is 0. The molecule has 0 amide bonds. The Morgan fingerprint density at radius 2 is 1.91 bits per heavy atom. The minimum absolute atomic E-state index is 0.138. The van der Waals surface area contributed by atoms with Crippen molar-refractivity contribution in [3.8, 4) is 0 Å². The second-order valence-corrected chi connectivity index (χ2v) is 1.95. The summed E-state index contributed by atoms with van der Waals surface area (Å²) in [4.78, 5) is 20.1. The van der Waals surface area contributed by atoms with E-state index in [1.165, 1.54) is 5.48 Å². The van der Waals surface area contributed by atoms with E-state index in [1.807, 2.05) is 0 Å². The molecule has 0 aliphatic carbocycles. The lowest BCUT2D eigenvalue weighted by Crippen LogP contribution is -2.34. The van der Waals surface area contributed by atoms with Crippen LogP contribution in [0.4, 0.5) is 0 Å². The van der Waals surface area contributed by atoms with Gasteiger partial charge < -0.3 is 15.4 Å². The monoisotopic (exact) mass is 163 g/mol. The molecule has 4 N–H and O–H groups in total. The van der Waals surface area contributed by atoms with Crippen molar-refractivity contribution < 1.29 is 25.0 Å². The van der Waals surface area contributed by atoms with Gasteiger partial charge in [0, 0.05) is 6.42 Å². The highest BCUT2D eigenvalue weighted by molar-refractivity contribution is 5.74. The Balaban J connectivity index is 3.70. The number of nitrogens with one attached hydrogen (secondary N) is 1. The van der Waals surface area contributed by atoms with E-state index < -0.39 is 18.0 Å². The number of hydrogen-bond donors (Lipinski definition) is 4. The average molecular weight is 163 g/mol. The van der Waals surface area contributed by atoms with Crippen LogP contribution < -0.4 is 5.48 Å². The summed E-state index contributed by atoms with van der Waals surface area (Å²) in [7, 11) is 0. The van der Waals surface area contributed by atoms with E-state index in [0.717, 1.165) is 0 Å². The van der Waals surface area contributed by atoms with Gasteiger partial charge in [0.15, 0.2) is 0 Å². The number of rotatable bonds is 5. The molecule has 0 aromatic rings. The first-order chi connectivity index (χ1) is 5.07. The minimum Gasteiger partial charge on any atom is -0.481 e. The zero-order valence-corrected chi connectivity index (χ0v) is 5.65. The molecular formula is C5H9NO5. The van der Waals surface area contributed by atoms with Crippen LogP contribution in [0.1, 0.15) is 12.8 Å². The number of hydrogen-bond acceptors (Lipinski definition) is 4. The van der Waals surface area contributed by atoms with Gasteiger partial charge in [0.05, 0.1) is 0 Å². The van der Waals surface area contributed by atoms with Crippen LogP contribution in [-0.4, -0.2) is 33.4 Å². The van der Waals surface area contributed by atoms with Gasteiger partial charge in [0.1, 0.15) is 6.04 Å². The molecular weight excluding hydrogens is 154 g/mol. The molecule has 0 saturated heterocycles. The van der Waals surface area contributed by atoms with Crippen molar-refractivity contribution in [1.29, 1.82) is 0 Å². The van der Waals surface area contributed by atoms with Crippen LogP contribution in [0.5, 0.6) is 0 Å². The van der Waals surface area contributed by atoms with Crippen molar-refractivity contribution in [2.24, 2.45) is 0 Å². The molecule has 0 fully saturated rings. The van der Waals surface area contributed by atoms with Crippen LogP contribution in [-0.2, 0) is 9.59 Å². The minimum atomic E-state index is -1.27. The summed E-state index contributed by atoms with van der Waals surface area (Å²) in [5.41, 5.74) is 1.49. The molecule has 64 valence electrons. The largest absolute Gasteiger partial charge is 0.481 e. The smallest absolute Gasteiger partial charge is 0.323 e. The molecule has 0 bridgehead atoms. The fraction of sp³-hybridized carbons (Fsp3) is 0.600. The molecule has 0 radical (unpaired) electrons. The molecule has 0 aromatic heterocycles. The molecule has 6 heteroatoms. The van der Waals surface area contributed by atoms with Crippen LogP contribution in [0.25, 0.3) is 0 Å². The highest BCUT2D eigenvalue weighted by Crippen LogP contribution is 1.96.